The molecule has 0 unspecified atom stereocenters. The number of aliphatic imine (C=N–C) groups is 1. The molecule has 0 spiro atoms. The Hall–Kier alpha value is -9.42. The lowest BCUT2D eigenvalue weighted by Crippen LogP contribution is -2.24. The molecular weight excluding hydrogens is 1370 g/mol. The van der Waals surface area contributed by atoms with E-state index in [1.54, 1.807) is 34.0 Å². The number of hydrogen-bond donors (Lipinski definition) is 6. The summed E-state index contributed by atoms with van der Waals surface area (Å²) >= 11 is 0. The number of pyridine rings is 1. The molecule has 0 aliphatic carbocycles. The molecule has 596 valence electrons. The summed E-state index contributed by atoms with van der Waals surface area (Å²) in [5.74, 6) is 3.57. The molecule has 0 radical (unpaired) electrons. The van der Waals surface area contributed by atoms with Crippen molar-refractivity contribution in [1.82, 2.24) is 60.9 Å². The predicted molar refractivity (Wildman–Crippen MR) is 431 cm³/mol. The Morgan fingerprint density at radius 3 is 1.51 bits per heavy atom. The highest BCUT2D eigenvalue weighted by molar-refractivity contribution is 6.04. The van der Waals surface area contributed by atoms with E-state index in [4.69, 9.17) is 9.15 Å². The van der Waals surface area contributed by atoms with Gasteiger partial charge in [-0.05, 0) is 63.3 Å². The largest absolute Gasteiger partial charge is 0.444 e. The van der Waals surface area contributed by atoms with E-state index in [2.05, 4.69) is 261 Å². The van der Waals surface area contributed by atoms with Crippen LogP contribution in [0.1, 0.15) is 272 Å². The number of benzene rings is 1. The highest BCUT2D eigenvalue weighted by Gasteiger charge is 2.35. The number of aryl methyl sites for hydroxylation is 1. The van der Waals surface area contributed by atoms with Crippen LogP contribution < -0.4 is 21.8 Å². The summed E-state index contributed by atoms with van der Waals surface area (Å²) < 4.78 is 47.7. The molecule has 5 aliphatic rings. The van der Waals surface area contributed by atoms with Crippen molar-refractivity contribution in [1.29, 1.82) is 0 Å². The smallest absolute Gasteiger partial charge is 0.421 e. The van der Waals surface area contributed by atoms with Gasteiger partial charge in [-0.1, -0.05) is 244 Å². The van der Waals surface area contributed by atoms with E-state index in [9.17, 15) is 27.6 Å². The van der Waals surface area contributed by atoms with Crippen molar-refractivity contribution in [2.75, 3.05) is 6.54 Å². The lowest BCUT2D eigenvalue weighted by molar-refractivity contribution is -0.140. The number of aromatic amines is 4. The van der Waals surface area contributed by atoms with Crippen LogP contribution in [0.15, 0.2) is 169 Å². The van der Waals surface area contributed by atoms with Gasteiger partial charge >= 0.3 is 12.1 Å². The van der Waals surface area contributed by atoms with Gasteiger partial charge in [0.25, 0.3) is 11.1 Å². The molecule has 5 aliphatic heterocycles. The van der Waals surface area contributed by atoms with E-state index < -0.39 is 22.7 Å². The van der Waals surface area contributed by atoms with Crippen molar-refractivity contribution in [3.05, 3.63) is 206 Å². The van der Waals surface area contributed by atoms with Crippen LogP contribution in [0, 0.1) is 28.6 Å². The molecule has 0 saturated carbocycles. The minimum Gasteiger partial charge on any atom is -0.444 e. The summed E-state index contributed by atoms with van der Waals surface area (Å²) in [6.45, 7) is 77.0. The van der Waals surface area contributed by atoms with Crippen LogP contribution in [0.3, 0.4) is 0 Å². The third kappa shape index (κ3) is 35.1. The van der Waals surface area contributed by atoms with E-state index in [0.29, 0.717) is 35.1 Å². The molecule has 0 amide bonds. The fraction of sp³-hybridized carbons (Fsp3) is 0.554. The molecule has 6 aromatic rings. The monoisotopic (exact) mass is 1500 g/mol. The number of imidazole rings is 1. The Balaban J connectivity index is 0.000000409. The molecule has 108 heavy (non-hydrogen) atoms. The van der Waals surface area contributed by atoms with E-state index in [1.807, 2.05) is 80.8 Å². The molecule has 10 heterocycles. The molecular formula is C83H127F3N16O6. The second-order valence-corrected chi connectivity index (χ2v) is 36.7. The van der Waals surface area contributed by atoms with Crippen LogP contribution in [-0.4, -0.2) is 74.2 Å². The first-order valence-corrected chi connectivity index (χ1v) is 36.1. The maximum Gasteiger partial charge on any atom is 0.421 e. The van der Waals surface area contributed by atoms with Crippen LogP contribution in [0.25, 0.3) is 0 Å². The number of azo groups is 1. The molecule has 11 rings (SSSR count). The quantitative estimate of drug-likeness (QED) is 0.0771. The number of allylic oxidation sites excluding steroid dienone is 3. The Labute approximate surface area is 640 Å². The second kappa shape index (κ2) is 38.6. The van der Waals surface area contributed by atoms with Crippen molar-refractivity contribution < 1.29 is 32.0 Å². The maximum absolute atomic E-state index is 12.4. The van der Waals surface area contributed by atoms with Gasteiger partial charge in [-0.3, -0.25) is 19.7 Å². The Bertz CT molecular complexity index is 4060. The standard InChI is InChI=1S/C11H14N2.C10H12F3NO.C10H15N.C9H15N.C8H12N2O.C8H13NO.C7H12N2O.C7H12N2.C7H11NO2.C6H11N3/c1-11(2,3)9-4-5-10-8(6-9)7-12-13-10;1-9(2,3)6-4-7(10(11,12)13)8(15)14-5-6;1-8-5-6-9(11-7-8)10(2,3)4;1-7-5-8(6-10-7)9(2,3)4;1-8(2,3)6-4-7(11)10-5-9-6;1-6-9-5-7(10-6)8(2,3)4;1-5-8-9-6(10-5)7(2,3)4;1-7(2,3)6-4-8-5-9-6;1-7(2,3)5-4-6(9)10-8-5;1-6(2,3)5-7-4-8-9-5/h4-6H,7H2,1-3H3;4-5H,1-3H3,(H,14,15);5-6H,1,7H2,2-4H3;6,10H,1,5H2,2-4H3;4-5H,1-3H3,(H,9,10,11);5,9H,1H2,2-4H3;1-4H3;4-5H,1-3H3,(H,8,9);4H2,1-3H3;4H,1-3H3,(H,7,8,9). The van der Waals surface area contributed by atoms with Gasteiger partial charge < -0.3 is 39.6 Å². The van der Waals surface area contributed by atoms with Crippen LogP contribution in [-0.2, 0) is 59.6 Å². The number of carbonyl (C=O) groups is 1. The lowest BCUT2D eigenvalue weighted by Gasteiger charge is -2.21. The van der Waals surface area contributed by atoms with Gasteiger partial charge in [0.2, 0.25) is 11.8 Å². The third-order valence-corrected chi connectivity index (χ3v) is 15.8. The number of nitrogens with zero attached hydrogens (tertiary/aromatic N) is 10. The number of ether oxygens (including phenoxy) is 1. The van der Waals surface area contributed by atoms with E-state index >= 15 is 0 Å². The summed E-state index contributed by atoms with van der Waals surface area (Å²) in [6.07, 6.45) is 12.6. The Morgan fingerprint density at radius 1 is 0.565 bits per heavy atom. The zero-order chi connectivity index (χ0) is 83.2. The Morgan fingerprint density at radius 2 is 1.19 bits per heavy atom. The van der Waals surface area contributed by atoms with Gasteiger partial charge in [-0.2, -0.15) is 28.5 Å². The van der Waals surface area contributed by atoms with Gasteiger partial charge in [0.15, 0.2) is 5.88 Å². The molecule has 1 aromatic carbocycles. The SMILES string of the molecule is C=C1C=CC(C(C)(C)C)=NC1.C=C1CC(C(C)(C)C)=CN1.C=C1NC=C(C(C)(C)C)O1.CC(C)(C)C1=NOC(=O)C1.CC(C)(C)c1c[nH]c(=O)c(C(F)(F)F)c1.CC(C)(C)c1cc(=O)[nH]cn1.CC(C)(C)c1ccc2c(c1)CN=N2.CC(C)(C)c1cnc[nH]1.CC(C)(C)c1ncn[nH]1.Cc1nnc(C(C)(C)C)o1. The third-order valence-electron chi connectivity index (χ3n) is 15.8. The minimum atomic E-state index is -4.60. The Kier molecular flexibility index (Phi) is 33.8. The summed E-state index contributed by atoms with van der Waals surface area (Å²) in [7, 11) is 0. The fourth-order valence-electron chi connectivity index (χ4n) is 8.60. The molecule has 22 nitrogen and oxygen atoms in total. The maximum atomic E-state index is 12.4. The number of rotatable bonds is 0. The molecule has 0 bridgehead atoms. The molecule has 25 heteroatoms. The van der Waals surface area contributed by atoms with Crippen LogP contribution in [0.5, 0.6) is 0 Å². The number of nitrogens with one attached hydrogen (secondary N) is 6. The summed E-state index contributed by atoms with van der Waals surface area (Å²) in [5, 5.41) is 31.9. The number of aromatic nitrogens is 10. The molecule has 0 atom stereocenters. The first-order valence-electron chi connectivity index (χ1n) is 36.1. The van der Waals surface area contributed by atoms with Crippen molar-refractivity contribution in [2.24, 2.45) is 42.0 Å². The first-order chi connectivity index (χ1) is 48.9. The van der Waals surface area contributed by atoms with E-state index in [0.717, 1.165) is 65.5 Å². The lowest BCUT2D eigenvalue weighted by atomic mass is 9.86. The average molecular weight is 1500 g/mol. The number of halogens is 3. The van der Waals surface area contributed by atoms with Gasteiger partial charge in [-0.15, -0.1) is 10.2 Å². The highest BCUT2D eigenvalue weighted by atomic mass is 19.4. The van der Waals surface area contributed by atoms with E-state index in [1.165, 1.54) is 53.0 Å². The highest BCUT2D eigenvalue weighted by Crippen LogP contribution is 2.35. The van der Waals surface area contributed by atoms with Crippen LogP contribution in [0.4, 0.5) is 18.9 Å². The topological polar surface area (TPSA) is 297 Å². The number of alkyl halides is 3. The summed E-state index contributed by atoms with van der Waals surface area (Å²) in [6, 6.07) is 8.85. The van der Waals surface area contributed by atoms with Crippen molar-refractivity contribution in [3.8, 4) is 0 Å². The van der Waals surface area contributed by atoms with Gasteiger partial charge in [-0.25, -0.2) is 19.7 Å². The second-order valence-electron chi connectivity index (χ2n) is 36.7. The van der Waals surface area contributed by atoms with Crippen molar-refractivity contribution in [3.63, 3.8) is 0 Å². The minimum absolute atomic E-state index is 0.0265. The fourth-order valence-corrected chi connectivity index (χ4v) is 8.60. The number of H-pyrrole nitrogens is 4. The number of hydrogen-bond acceptors (Lipinski definition) is 18. The molecule has 0 fully saturated rings. The van der Waals surface area contributed by atoms with Crippen molar-refractivity contribution in [2.45, 2.75) is 273 Å². The van der Waals surface area contributed by atoms with Gasteiger partial charge in [0, 0.05) is 105 Å². The van der Waals surface area contributed by atoms with Gasteiger partial charge in [0.05, 0.1) is 49.3 Å². The normalized spacial score (nSPS) is 14.8. The number of carbonyl (C=O) groups excluding carboxylic acids is 1. The molecule has 6 N–H and O–H groups in total. The van der Waals surface area contributed by atoms with Gasteiger partial charge in [0.1, 0.15) is 23.5 Å². The van der Waals surface area contributed by atoms with E-state index in [-0.39, 0.29) is 54.8 Å². The first kappa shape index (κ1) is 94.7. The summed E-state index contributed by atoms with van der Waals surface area (Å²) in [4.78, 5) is 60.9. The predicted octanol–water partition coefficient (Wildman–Crippen LogP) is 20.1. The molecule has 0 saturated heterocycles. The zero-order valence-corrected chi connectivity index (χ0v) is 70.6. The number of oxime groups is 1. The summed E-state index contributed by atoms with van der Waals surface area (Å²) in [5.41, 5.74) is 9.96. The number of fused-ring (bicyclic) bond motifs is 1. The van der Waals surface area contributed by atoms with Crippen molar-refractivity contribution >= 4 is 23.1 Å². The zero-order valence-electron chi connectivity index (χ0n) is 70.6. The number of dihydropyridines is 1. The molecule has 5 aromatic heterocycles. The average Bonchev–Trinajstić information content (AvgIpc) is 1.30. The van der Waals surface area contributed by atoms with Crippen LogP contribution >= 0.6 is 0 Å². The van der Waals surface area contributed by atoms with Crippen LogP contribution in [0.2, 0.25) is 0 Å².